The number of halogens is 3. The van der Waals surface area contributed by atoms with E-state index in [1.807, 2.05) is 0 Å². The van der Waals surface area contributed by atoms with Gasteiger partial charge in [-0.1, -0.05) is 6.07 Å². The lowest BCUT2D eigenvalue weighted by molar-refractivity contribution is -0.137. The Morgan fingerprint density at radius 1 is 0.947 bits per heavy atom. The van der Waals surface area contributed by atoms with E-state index in [1.54, 1.807) is 31.4 Å². The summed E-state index contributed by atoms with van der Waals surface area (Å²) in [5.74, 6) is 1.63. The molecule has 0 spiro atoms. The molecule has 0 N–H and O–H groups in total. The van der Waals surface area contributed by atoms with Gasteiger partial charge in [-0.3, -0.25) is 4.79 Å². The quantitative estimate of drug-likeness (QED) is 0.492. The van der Waals surface area contributed by atoms with E-state index in [0.717, 1.165) is 44.0 Å². The van der Waals surface area contributed by atoms with Crippen LogP contribution in [0.5, 0.6) is 17.4 Å². The van der Waals surface area contributed by atoms with E-state index in [2.05, 4.69) is 16.8 Å². The van der Waals surface area contributed by atoms with Crippen molar-refractivity contribution in [3.8, 4) is 17.4 Å². The Kier molecular flexibility index (Phi) is 7.11. The van der Waals surface area contributed by atoms with Gasteiger partial charge in [-0.25, -0.2) is 4.98 Å². The lowest BCUT2D eigenvalue weighted by Gasteiger charge is -2.34. The minimum atomic E-state index is -4.53. The highest BCUT2D eigenvalue weighted by molar-refractivity contribution is 5.94. The summed E-state index contributed by atoms with van der Waals surface area (Å²) >= 11 is 0. The van der Waals surface area contributed by atoms with Gasteiger partial charge in [0, 0.05) is 44.7 Å². The molecule has 200 valence electrons. The van der Waals surface area contributed by atoms with Crippen LogP contribution in [-0.2, 0) is 19.1 Å². The molecule has 2 aromatic carbocycles. The van der Waals surface area contributed by atoms with Gasteiger partial charge in [0.1, 0.15) is 11.5 Å². The number of alkyl halides is 3. The topological polar surface area (TPSA) is 71.0 Å². The van der Waals surface area contributed by atoms with Gasteiger partial charge in [-0.2, -0.15) is 18.2 Å². The molecule has 1 saturated heterocycles. The smallest absolute Gasteiger partial charge is 0.416 e. The Bertz CT molecular complexity index is 1310. The molecule has 0 saturated carbocycles. The molecule has 38 heavy (non-hydrogen) atoms. The van der Waals surface area contributed by atoms with Crippen molar-refractivity contribution in [2.24, 2.45) is 0 Å². The van der Waals surface area contributed by atoms with E-state index in [0.29, 0.717) is 41.9 Å². The van der Waals surface area contributed by atoms with Gasteiger partial charge in [0.15, 0.2) is 0 Å². The summed E-state index contributed by atoms with van der Waals surface area (Å²) in [6.45, 7) is 3.76. The van der Waals surface area contributed by atoms with Crippen LogP contribution >= 0.6 is 0 Å². The minimum absolute atomic E-state index is 0.0177. The van der Waals surface area contributed by atoms with Crippen molar-refractivity contribution in [2.75, 3.05) is 51.8 Å². The number of fused-ring (bicyclic) bond motifs is 1. The first-order valence-electron chi connectivity index (χ1n) is 12.3. The molecule has 2 aliphatic heterocycles. The summed E-state index contributed by atoms with van der Waals surface area (Å²) in [6, 6.07) is 11.6. The van der Waals surface area contributed by atoms with Gasteiger partial charge in [0.05, 0.1) is 30.5 Å². The molecule has 2 aliphatic rings. The third kappa shape index (κ3) is 5.52. The van der Waals surface area contributed by atoms with Crippen molar-refractivity contribution in [1.82, 2.24) is 19.8 Å². The average molecular weight is 528 g/mol. The summed E-state index contributed by atoms with van der Waals surface area (Å²) in [4.78, 5) is 28.6. The van der Waals surface area contributed by atoms with Crippen LogP contribution in [0.3, 0.4) is 0 Å². The monoisotopic (exact) mass is 527 g/mol. The molecular formula is C27H28F3N5O3. The van der Waals surface area contributed by atoms with Gasteiger partial charge in [0.25, 0.3) is 5.91 Å². The molecule has 1 aromatic heterocycles. The van der Waals surface area contributed by atoms with Crippen LogP contribution in [0.25, 0.3) is 0 Å². The van der Waals surface area contributed by atoms with Gasteiger partial charge in [-0.15, -0.1) is 0 Å². The van der Waals surface area contributed by atoms with Crippen molar-refractivity contribution in [3.05, 3.63) is 70.9 Å². The van der Waals surface area contributed by atoms with Crippen LogP contribution in [0.15, 0.2) is 48.5 Å². The number of carbonyl (C=O) groups is 1. The molecule has 3 aromatic rings. The molecule has 0 bridgehead atoms. The predicted octanol–water partition coefficient (Wildman–Crippen LogP) is 4.25. The molecule has 11 heteroatoms. The van der Waals surface area contributed by atoms with E-state index in [9.17, 15) is 18.0 Å². The van der Waals surface area contributed by atoms with Crippen molar-refractivity contribution in [2.45, 2.75) is 19.1 Å². The second kappa shape index (κ2) is 10.5. The number of carbonyl (C=O) groups excluding carboxylic acids is 1. The maximum absolute atomic E-state index is 13.2. The van der Waals surface area contributed by atoms with E-state index in [1.165, 1.54) is 17.0 Å². The first-order chi connectivity index (χ1) is 18.2. The van der Waals surface area contributed by atoms with E-state index in [-0.39, 0.29) is 12.1 Å². The van der Waals surface area contributed by atoms with Crippen molar-refractivity contribution in [1.29, 1.82) is 0 Å². The van der Waals surface area contributed by atoms with E-state index in [4.69, 9.17) is 19.4 Å². The number of hydrogen-bond acceptors (Lipinski definition) is 7. The number of anilines is 1. The summed E-state index contributed by atoms with van der Waals surface area (Å²) in [5.41, 5.74) is 0.538. The van der Waals surface area contributed by atoms with Gasteiger partial charge in [-0.05, 0) is 49.5 Å². The molecule has 0 radical (unpaired) electrons. The summed E-state index contributed by atoms with van der Waals surface area (Å²) in [6.07, 6.45) is -4.10. The third-order valence-electron chi connectivity index (χ3n) is 6.79. The van der Waals surface area contributed by atoms with Gasteiger partial charge >= 0.3 is 6.18 Å². The Hall–Kier alpha value is -3.86. The van der Waals surface area contributed by atoms with Crippen molar-refractivity contribution in [3.63, 3.8) is 0 Å². The summed E-state index contributed by atoms with van der Waals surface area (Å²) in [5, 5.41) is 0. The molecule has 1 fully saturated rings. The molecule has 0 atom stereocenters. The van der Waals surface area contributed by atoms with Crippen LogP contribution in [0.2, 0.25) is 0 Å². The van der Waals surface area contributed by atoms with Gasteiger partial charge < -0.3 is 24.2 Å². The van der Waals surface area contributed by atoms with Crippen LogP contribution < -0.4 is 14.4 Å². The number of nitrogens with zero attached hydrogens (tertiary/aromatic N) is 5. The normalized spacial score (nSPS) is 16.2. The number of likely N-dealkylation sites (N-methyl/N-ethyl adjacent to an activating group) is 1. The number of aromatic nitrogens is 2. The minimum Gasteiger partial charge on any atom is -0.497 e. The largest absolute Gasteiger partial charge is 0.497 e. The molecule has 1 amide bonds. The molecule has 0 aliphatic carbocycles. The fraction of sp³-hybridized carbons (Fsp3) is 0.370. The maximum atomic E-state index is 13.2. The second-order valence-corrected chi connectivity index (χ2v) is 9.38. The lowest BCUT2D eigenvalue weighted by Crippen LogP contribution is -2.45. The Morgan fingerprint density at radius 3 is 2.34 bits per heavy atom. The number of methoxy groups -OCH3 is 1. The van der Waals surface area contributed by atoms with Crippen LogP contribution in [0.4, 0.5) is 19.1 Å². The van der Waals surface area contributed by atoms with E-state index < -0.39 is 17.6 Å². The van der Waals surface area contributed by atoms with E-state index >= 15 is 0 Å². The maximum Gasteiger partial charge on any atom is 0.416 e. The number of benzene rings is 2. The average Bonchev–Trinajstić information content (AvgIpc) is 2.93. The molecule has 5 rings (SSSR count). The standard InChI is InChI=1S/C27H28F3N5O3/c1-33-12-14-34(15-13-33)26-31-23-10-11-35(25(36)18-4-3-5-19(16-18)27(28,29)30)17-22(23)24(32-26)38-21-8-6-20(37-2)7-9-21/h3-9,16H,10-15,17H2,1-2H3. The fourth-order valence-electron chi connectivity index (χ4n) is 4.54. The zero-order valence-corrected chi connectivity index (χ0v) is 21.2. The summed E-state index contributed by atoms with van der Waals surface area (Å²) < 4.78 is 51.1. The Morgan fingerprint density at radius 2 is 1.66 bits per heavy atom. The lowest BCUT2D eigenvalue weighted by atomic mass is 10.0. The van der Waals surface area contributed by atoms with Crippen molar-refractivity contribution < 1.29 is 27.4 Å². The molecule has 3 heterocycles. The number of amides is 1. The first kappa shape index (κ1) is 25.8. The van der Waals surface area contributed by atoms with Gasteiger partial charge in [0.2, 0.25) is 11.8 Å². The Labute approximate surface area is 218 Å². The molecule has 8 nitrogen and oxygen atoms in total. The first-order valence-corrected chi connectivity index (χ1v) is 12.3. The third-order valence-corrected chi connectivity index (χ3v) is 6.79. The predicted molar refractivity (Wildman–Crippen MR) is 135 cm³/mol. The van der Waals surface area contributed by atoms with Crippen LogP contribution in [0.1, 0.15) is 27.2 Å². The highest BCUT2D eigenvalue weighted by atomic mass is 19.4. The fourth-order valence-corrected chi connectivity index (χ4v) is 4.54. The van der Waals surface area contributed by atoms with Crippen molar-refractivity contribution >= 4 is 11.9 Å². The SMILES string of the molecule is COc1ccc(Oc2nc(N3CCN(C)CC3)nc3c2CN(C(=O)c2cccc(C(F)(F)F)c2)CC3)cc1. The zero-order valence-electron chi connectivity index (χ0n) is 21.2. The number of ether oxygens (including phenoxy) is 2. The Balaban J connectivity index is 1.46. The number of hydrogen-bond donors (Lipinski definition) is 0. The van der Waals surface area contributed by atoms with Crippen LogP contribution in [-0.4, -0.2) is 72.6 Å². The number of piperazine rings is 1. The highest BCUT2D eigenvalue weighted by Gasteiger charge is 2.33. The molecular weight excluding hydrogens is 499 g/mol. The molecule has 0 unspecified atom stereocenters. The number of rotatable bonds is 5. The zero-order chi connectivity index (χ0) is 26.9. The van der Waals surface area contributed by atoms with Crippen LogP contribution in [0, 0.1) is 0 Å². The summed E-state index contributed by atoms with van der Waals surface area (Å²) in [7, 11) is 3.65. The second-order valence-electron chi connectivity index (χ2n) is 9.38. The highest BCUT2D eigenvalue weighted by Crippen LogP contribution is 2.34.